The second-order valence-electron chi connectivity index (χ2n) is 8.01. The van der Waals surface area contributed by atoms with Crippen molar-refractivity contribution in [1.82, 2.24) is 19.8 Å². The highest BCUT2D eigenvalue weighted by Gasteiger charge is 2.41. The highest BCUT2D eigenvalue weighted by molar-refractivity contribution is 7.80. The third kappa shape index (κ3) is 3.49. The van der Waals surface area contributed by atoms with Crippen LogP contribution < -0.4 is 14.8 Å². The minimum atomic E-state index is -0.0498. The minimum absolute atomic E-state index is 0.00140. The summed E-state index contributed by atoms with van der Waals surface area (Å²) < 4.78 is 18.7. The Labute approximate surface area is 192 Å². The van der Waals surface area contributed by atoms with E-state index in [4.69, 9.17) is 26.4 Å². The highest BCUT2D eigenvalue weighted by atomic mass is 32.1. The van der Waals surface area contributed by atoms with E-state index in [-0.39, 0.29) is 18.9 Å². The van der Waals surface area contributed by atoms with Gasteiger partial charge in [0.15, 0.2) is 16.6 Å². The number of aryl methyl sites for hydroxylation is 1. The SMILES string of the molecule is COCCN1C(=S)NC(c2ccccn2)C1c1cc(C)n(-c2ccc3c(c2)OCO3)c1C. The number of thiocarbonyl (C=S) groups is 1. The van der Waals surface area contributed by atoms with E-state index >= 15 is 0 Å². The molecule has 2 aliphatic heterocycles. The molecular weight excluding hydrogens is 424 g/mol. The summed E-state index contributed by atoms with van der Waals surface area (Å²) in [6, 6.07) is 14.2. The Bertz CT molecular complexity index is 1150. The van der Waals surface area contributed by atoms with Crippen molar-refractivity contribution in [2.45, 2.75) is 25.9 Å². The summed E-state index contributed by atoms with van der Waals surface area (Å²) >= 11 is 5.73. The Morgan fingerprint density at radius 1 is 1.16 bits per heavy atom. The summed E-state index contributed by atoms with van der Waals surface area (Å²) in [6.45, 7) is 5.83. The highest BCUT2D eigenvalue weighted by Crippen LogP contribution is 2.42. The van der Waals surface area contributed by atoms with Gasteiger partial charge in [0.2, 0.25) is 6.79 Å². The fraction of sp³-hybridized carbons (Fsp3) is 0.333. The van der Waals surface area contributed by atoms with Gasteiger partial charge in [0, 0.05) is 43.0 Å². The number of benzene rings is 1. The number of methoxy groups -OCH3 is 1. The lowest BCUT2D eigenvalue weighted by Gasteiger charge is -2.28. The molecule has 0 saturated carbocycles. The van der Waals surface area contributed by atoms with E-state index in [2.05, 4.69) is 45.7 Å². The van der Waals surface area contributed by atoms with E-state index in [9.17, 15) is 0 Å². The van der Waals surface area contributed by atoms with Gasteiger partial charge in [-0.2, -0.15) is 0 Å². The molecule has 1 N–H and O–H groups in total. The molecular formula is C24H26N4O3S. The van der Waals surface area contributed by atoms with Crippen LogP contribution in [-0.4, -0.2) is 46.6 Å². The second-order valence-corrected chi connectivity index (χ2v) is 8.40. The molecule has 8 heteroatoms. The maximum Gasteiger partial charge on any atom is 0.231 e. The van der Waals surface area contributed by atoms with Gasteiger partial charge in [-0.15, -0.1) is 0 Å². The first-order valence-corrected chi connectivity index (χ1v) is 11.0. The van der Waals surface area contributed by atoms with Gasteiger partial charge in [-0.05, 0) is 62.0 Å². The van der Waals surface area contributed by atoms with Crippen molar-refractivity contribution < 1.29 is 14.2 Å². The quantitative estimate of drug-likeness (QED) is 0.573. The third-order valence-corrected chi connectivity index (χ3v) is 6.49. The first kappa shape index (κ1) is 20.8. The molecule has 1 saturated heterocycles. The largest absolute Gasteiger partial charge is 0.454 e. The third-order valence-electron chi connectivity index (χ3n) is 6.14. The van der Waals surface area contributed by atoms with Crippen LogP contribution in [0.15, 0.2) is 48.7 Å². The summed E-state index contributed by atoms with van der Waals surface area (Å²) in [4.78, 5) is 6.84. The summed E-state index contributed by atoms with van der Waals surface area (Å²) in [7, 11) is 1.71. The van der Waals surface area contributed by atoms with Gasteiger partial charge in [0.1, 0.15) is 0 Å². The molecule has 166 valence electrons. The number of hydrogen-bond acceptors (Lipinski definition) is 5. The summed E-state index contributed by atoms with van der Waals surface area (Å²) in [5.41, 5.74) is 5.51. The smallest absolute Gasteiger partial charge is 0.231 e. The number of ether oxygens (including phenoxy) is 3. The molecule has 0 radical (unpaired) electrons. The maximum absolute atomic E-state index is 5.73. The molecule has 2 atom stereocenters. The van der Waals surface area contributed by atoms with Crippen LogP contribution in [0.2, 0.25) is 0 Å². The van der Waals surface area contributed by atoms with Crippen LogP contribution in [-0.2, 0) is 4.74 Å². The topological polar surface area (TPSA) is 60.8 Å². The first-order chi connectivity index (χ1) is 15.6. The molecule has 0 amide bonds. The van der Waals surface area contributed by atoms with E-state index in [1.165, 1.54) is 5.56 Å². The molecule has 1 fully saturated rings. The van der Waals surface area contributed by atoms with Gasteiger partial charge in [-0.3, -0.25) is 4.98 Å². The molecule has 2 aliphatic rings. The number of rotatable bonds is 6. The van der Waals surface area contributed by atoms with Crippen LogP contribution in [0.25, 0.3) is 5.69 Å². The van der Waals surface area contributed by atoms with Crippen molar-refractivity contribution >= 4 is 17.3 Å². The molecule has 5 rings (SSSR count). The zero-order chi connectivity index (χ0) is 22.2. The number of fused-ring (bicyclic) bond motifs is 1. The van der Waals surface area contributed by atoms with Gasteiger partial charge >= 0.3 is 0 Å². The Morgan fingerprint density at radius 3 is 2.78 bits per heavy atom. The molecule has 32 heavy (non-hydrogen) atoms. The standard InChI is InChI=1S/C24H26N4O3S/c1-15-12-18(16(2)28(15)17-7-8-20-21(13-17)31-14-30-20)23-22(19-6-4-5-9-25-19)26-24(32)27(23)10-11-29-3/h4-9,12-13,22-23H,10-11,14H2,1-3H3,(H,26,32). The van der Waals surface area contributed by atoms with Crippen molar-refractivity contribution in [3.63, 3.8) is 0 Å². The van der Waals surface area contributed by atoms with E-state index in [0.717, 1.165) is 39.4 Å². The van der Waals surface area contributed by atoms with Crippen LogP contribution >= 0.6 is 12.2 Å². The van der Waals surface area contributed by atoms with E-state index in [1.54, 1.807) is 7.11 Å². The molecule has 1 aromatic carbocycles. The normalized spacial score (nSPS) is 19.5. The lowest BCUT2D eigenvalue weighted by Crippen LogP contribution is -2.32. The predicted molar refractivity (Wildman–Crippen MR) is 125 cm³/mol. The summed E-state index contributed by atoms with van der Waals surface area (Å²) in [5.74, 6) is 1.55. The van der Waals surface area contributed by atoms with Crippen molar-refractivity contribution in [2.75, 3.05) is 27.1 Å². The molecule has 7 nitrogen and oxygen atoms in total. The average Bonchev–Trinajstić information content (AvgIpc) is 3.48. The number of nitrogens with zero attached hydrogens (tertiary/aromatic N) is 3. The maximum atomic E-state index is 5.73. The molecule has 0 bridgehead atoms. The summed E-state index contributed by atoms with van der Waals surface area (Å²) in [5, 5.41) is 4.22. The molecule has 3 aromatic rings. The Balaban J connectivity index is 1.59. The Kier molecular flexibility index (Phi) is 5.48. The van der Waals surface area contributed by atoms with Crippen LogP contribution in [0.5, 0.6) is 11.5 Å². The van der Waals surface area contributed by atoms with Crippen molar-refractivity contribution in [2.24, 2.45) is 0 Å². The Hall–Kier alpha value is -3.10. The number of nitrogens with one attached hydrogen (secondary N) is 1. The van der Waals surface area contributed by atoms with Crippen LogP contribution in [0.4, 0.5) is 0 Å². The molecule has 2 unspecified atom stereocenters. The number of aromatic nitrogens is 2. The second kappa shape index (κ2) is 8.44. The van der Waals surface area contributed by atoms with E-state index < -0.39 is 0 Å². The first-order valence-electron chi connectivity index (χ1n) is 10.6. The van der Waals surface area contributed by atoms with Crippen LogP contribution in [0.3, 0.4) is 0 Å². The van der Waals surface area contributed by atoms with Gasteiger partial charge < -0.3 is 29.0 Å². The van der Waals surface area contributed by atoms with Gasteiger partial charge in [0.05, 0.1) is 24.4 Å². The molecule has 2 aromatic heterocycles. The van der Waals surface area contributed by atoms with Crippen molar-refractivity contribution in [3.05, 3.63) is 71.3 Å². The zero-order valence-corrected chi connectivity index (χ0v) is 19.2. The number of pyridine rings is 1. The molecule has 4 heterocycles. The average molecular weight is 451 g/mol. The van der Waals surface area contributed by atoms with Gasteiger partial charge in [0.25, 0.3) is 0 Å². The Morgan fingerprint density at radius 2 is 2.00 bits per heavy atom. The number of hydrogen-bond donors (Lipinski definition) is 1. The van der Waals surface area contributed by atoms with Crippen LogP contribution in [0.1, 0.15) is 34.7 Å². The predicted octanol–water partition coefficient (Wildman–Crippen LogP) is 3.84. The monoisotopic (exact) mass is 450 g/mol. The van der Waals surface area contributed by atoms with Crippen LogP contribution in [0, 0.1) is 13.8 Å². The zero-order valence-electron chi connectivity index (χ0n) is 18.4. The fourth-order valence-corrected chi connectivity index (χ4v) is 5.01. The van der Waals surface area contributed by atoms with Gasteiger partial charge in [-0.1, -0.05) is 6.07 Å². The lowest BCUT2D eigenvalue weighted by molar-refractivity contribution is 0.164. The fourth-order valence-electron chi connectivity index (χ4n) is 4.68. The van der Waals surface area contributed by atoms with Crippen molar-refractivity contribution in [3.8, 4) is 17.2 Å². The van der Waals surface area contributed by atoms with E-state index in [0.29, 0.717) is 13.2 Å². The molecule has 0 spiro atoms. The lowest BCUT2D eigenvalue weighted by atomic mass is 9.97. The molecule has 0 aliphatic carbocycles. The minimum Gasteiger partial charge on any atom is -0.454 e. The van der Waals surface area contributed by atoms with Crippen molar-refractivity contribution in [1.29, 1.82) is 0 Å². The van der Waals surface area contributed by atoms with Gasteiger partial charge in [-0.25, -0.2) is 0 Å². The van der Waals surface area contributed by atoms with E-state index in [1.807, 2.05) is 36.5 Å². The summed E-state index contributed by atoms with van der Waals surface area (Å²) in [6.07, 6.45) is 1.82.